The average molecular weight is 296 g/mol. The minimum atomic E-state index is -0.122. The van der Waals surface area contributed by atoms with E-state index in [9.17, 15) is 4.79 Å². The molecular weight excluding hydrogens is 280 g/mol. The van der Waals surface area contributed by atoms with Gasteiger partial charge in [0.1, 0.15) is 11.5 Å². The molecule has 1 heterocycles. The van der Waals surface area contributed by atoms with E-state index in [1.165, 1.54) is 4.68 Å². The molecule has 0 bridgehead atoms. The topological polar surface area (TPSA) is 56.2 Å². The van der Waals surface area contributed by atoms with E-state index < -0.39 is 0 Å². The Hall–Kier alpha value is -2.95. The van der Waals surface area contributed by atoms with Gasteiger partial charge in [-0.2, -0.15) is 0 Å². The van der Waals surface area contributed by atoms with Gasteiger partial charge in [0.05, 0.1) is 25.6 Å². The Bertz CT molecular complexity index is 832. The maximum Gasteiger partial charge on any atom is 0.271 e. The number of nitrogens with one attached hydrogen (secondary N) is 1. The number of benzene rings is 2. The highest BCUT2D eigenvalue weighted by Crippen LogP contribution is 2.22. The molecule has 0 fully saturated rings. The van der Waals surface area contributed by atoms with E-state index in [1.807, 2.05) is 48.5 Å². The smallest absolute Gasteiger partial charge is 0.271 e. The van der Waals surface area contributed by atoms with Gasteiger partial charge in [-0.05, 0) is 36.4 Å². The molecule has 0 aliphatic heterocycles. The molecule has 0 saturated carbocycles. The number of rotatable bonds is 4. The minimum absolute atomic E-state index is 0.122. The molecule has 0 radical (unpaired) electrons. The number of aromatic amines is 1. The molecule has 1 N–H and O–H groups in total. The monoisotopic (exact) mass is 296 g/mol. The molecule has 0 aliphatic rings. The van der Waals surface area contributed by atoms with Crippen molar-refractivity contribution in [2.75, 3.05) is 14.2 Å². The molecule has 0 atom stereocenters. The van der Waals surface area contributed by atoms with Gasteiger partial charge in [0.25, 0.3) is 5.56 Å². The van der Waals surface area contributed by atoms with E-state index in [0.717, 1.165) is 28.4 Å². The summed E-state index contributed by atoms with van der Waals surface area (Å²) >= 11 is 0. The van der Waals surface area contributed by atoms with E-state index >= 15 is 0 Å². The van der Waals surface area contributed by atoms with E-state index in [1.54, 1.807) is 20.3 Å². The third kappa shape index (κ3) is 2.61. The van der Waals surface area contributed by atoms with E-state index in [2.05, 4.69) is 5.10 Å². The van der Waals surface area contributed by atoms with E-state index in [0.29, 0.717) is 0 Å². The highest BCUT2D eigenvalue weighted by Gasteiger charge is 2.08. The summed E-state index contributed by atoms with van der Waals surface area (Å²) in [5, 5.41) is 3.11. The van der Waals surface area contributed by atoms with Gasteiger partial charge in [-0.15, -0.1) is 0 Å². The van der Waals surface area contributed by atoms with Crippen molar-refractivity contribution in [1.29, 1.82) is 0 Å². The lowest BCUT2D eigenvalue weighted by atomic mass is 10.1. The van der Waals surface area contributed by atoms with E-state index in [-0.39, 0.29) is 5.56 Å². The summed E-state index contributed by atoms with van der Waals surface area (Å²) in [6, 6.07) is 16.4. The molecule has 0 spiro atoms. The first-order valence-corrected chi connectivity index (χ1v) is 6.82. The van der Waals surface area contributed by atoms with Gasteiger partial charge in [-0.3, -0.25) is 9.89 Å². The van der Waals surface area contributed by atoms with Crippen LogP contribution in [-0.4, -0.2) is 24.0 Å². The summed E-state index contributed by atoms with van der Waals surface area (Å²) in [4.78, 5) is 12.2. The zero-order valence-electron chi connectivity index (χ0n) is 12.4. The van der Waals surface area contributed by atoms with Crippen LogP contribution in [-0.2, 0) is 0 Å². The predicted octanol–water partition coefficient (Wildman–Crippen LogP) is 2.85. The molecule has 2 aromatic carbocycles. The summed E-state index contributed by atoms with van der Waals surface area (Å²) < 4.78 is 11.8. The van der Waals surface area contributed by atoms with Crippen LogP contribution in [0, 0.1) is 0 Å². The second-order valence-corrected chi connectivity index (χ2v) is 4.77. The SMILES string of the molecule is COc1ccc(-n2[nH]c(-c3cccc(OC)c3)cc2=O)cc1. The van der Waals surface area contributed by atoms with Crippen LogP contribution in [0.25, 0.3) is 16.9 Å². The van der Waals surface area contributed by atoms with Gasteiger partial charge in [0.15, 0.2) is 0 Å². The fraction of sp³-hybridized carbons (Fsp3) is 0.118. The van der Waals surface area contributed by atoms with Crippen molar-refractivity contribution in [2.24, 2.45) is 0 Å². The quantitative estimate of drug-likeness (QED) is 0.805. The second-order valence-electron chi connectivity index (χ2n) is 4.77. The van der Waals surface area contributed by atoms with Crippen LogP contribution in [0.2, 0.25) is 0 Å². The number of hydrogen-bond donors (Lipinski definition) is 1. The predicted molar refractivity (Wildman–Crippen MR) is 84.9 cm³/mol. The van der Waals surface area contributed by atoms with Crippen molar-refractivity contribution in [2.45, 2.75) is 0 Å². The number of methoxy groups -OCH3 is 2. The Morgan fingerprint density at radius 2 is 1.64 bits per heavy atom. The van der Waals surface area contributed by atoms with Crippen LogP contribution >= 0.6 is 0 Å². The lowest BCUT2D eigenvalue weighted by molar-refractivity contribution is 0.414. The van der Waals surface area contributed by atoms with Gasteiger partial charge in [0.2, 0.25) is 0 Å². The molecule has 0 unspecified atom stereocenters. The fourth-order valence-electron chi connectivity index (χ4n) is 2.26. The van der Waals surface area contributed by atoms with Crippen molar-refractivity contribution >= 4 is 0 Å². The molecule has 22 heavy (non-hydrogen) atoms. The first kappa shape index (κ1) is 14.0. The summed E-state index contributed by atoms with van der Waals surface area (Å²) in [6.45, 7) is 0. The Balaban J connectivity index is 2.01. The van der Waals surface area contributed by atoms with Crippen molar-refractivity contribution in [3.05, 3.63) is 65.0 Å². The largest absolute Gasteiger partial charge is 0.497 e. The van der Waals surface area contributed by atoms with Crippen molar-refractivity contribution in [1.82, 2.24) is 9.78 Å². The van der Waals surface area contributed by atoms with Gasteiger partial charge in [-0.1, -0.05) is 12.1 Å². The molecule has 112 valence electrons. The molecule has 0 aliphatic carbocycles. The average Bonchev–Trinajstić information content (AvgIpc) is 2.97. The van der Waals surface area contributed by atoms with Crippen molar-refractivity contribution in [3.8, 4) is 28.4 Å². The first-order chi connectivity index (χ1) is 10.7. The van der Waals surface area contributed by atoms with Crippen LogP contribution in [0.3, 0.4) is 0 Å². The number of hydrogen-bond acceptors (Lipinski definition) is 3. The maximum absolute atomic E-state index is 12.2. The summed E-state index contributed by atoms with van der Waals surface area (Å²) in [5.41, 5.74) is 2.26. The molecule has 0 saturated heterocycles. The van der Waals surface area contributed by atoms with Crippen molar-refractivity contribution < 1.29 is 9.47 Å². The third-order valence-electron chi connectivity index (χ3n) is 3.43. The number of nitrogens with zero attached hydrogens (tertiary/aromatic N) is 1. The zero-order valence-corrected chi connectivity index (χ0v) is 12.4. The molecule has 3 rings (SSSR count). The third-order valence-corrected chi connectivity index (χ3v) is 3.43. The minimum Gasteiger partial charge on any atom is -0.497 e. The van der Waals surface area contributed by atoms with Crippen LogP contribution < -0.4 is 15.0 Å². The maximum atomic E-state index is 12.2. The number of ether oxygens (including phenoxy) is 2. The first-order valence-electron chi connectivity index (χ1n) is 6.82. The molecule has 5 heteroatoms. The van der Waals surface area contributed by atoms with Gasteiger partial charge >= 0.3 is 0 Å². The van der Waals surface area contributed by atoms with Gasteiger partial charge < -0.3 is 9.47 Å². The number of aromatic nitrogens is 2. The molecule has 3 aromatic rings. The lowest BCUT2D eigenvalue weighted by Gasteiger charge is -2.05. The number of H-pyrrole nitrogens is 1. The van der Waals surface area contributed by atoms with Crippen LogP contribution in [0.1, 0.15) is 0 Å². The lowest BCUT2D eigenvalue weighted by Crippen LogP contribution is -2.13. The molecule has 0 amide bonds. The highest BCUT2D eigenvalue weighted by atomic mass is 16.5. The fourth-order valence-corrected chi connectivity index (χ4v) is 2.26. The van der Waals surface area contributed by atoms with E-state index in [4.69, 9.17) is 9.47 Å². The second kappa shape index (κ2) is 5.81. The summed E-state index contributed by atoms with van der Waals surface area (Å²) in [7, 11) is 3.22. The molecule has 5 nitrogen and oxygen atoms in total. The summed E-state index contributed by atoms with van der Waals surface area (Å²) in [6.07, 6.45) is 0. The molecular formula is C17H16N2O3. The Morgan fingerprint density at radius 1 is 0.909 bits per heavy atom. The normalized spacial score (nSPS) is 10.5. The standard InChI is InChI=1S/C17H16N2O3/c1-21-14-8-6-13(7-9-14)19-17(20)11-16(18-19)12-4-3-5-15(10-12)22-2/h3-11,18H,1-2H3. The van der Waals surface area contributed by atoms with Crippen LogP contribution in [0.15, 0.2) is 59.4 Å². The van der Waals surface area contributed by atoms with Gasteiger partial charge in [-0.25, -0.2) is 4.68 Å². The van der Waals surface area contributed by atoms with Gasteiger partial charge in [0, 0.05) is 11.6 Å². The Kier molecular flexibility index (Phi) is 3.70. The molecule has 1 aromatic heterocycles. The van der Waals surface area contributed by atoms with Crippen LogP contribution in [0.4, 0.5) is 0 Å². The zero-order chi connectivity index (χ0) is 15.5. The summed E-state index contributed by atoms with van der Waals surface area (Å²) in [5.74, 6) is 1.49. The Labute approximate surface area is 127 Å². The Morgan fingerprint density at radius 3 is 2.32 bits per heavy atom. The van der Waals surface area contributed by atoms with Crippen LogP contribution in [0.5, 0.6) is 11.5 Å². The van der Waals surface area contributed by atoms with Crippen molar-refractivity contribution in [3.63, 3.8) is 0 Å². The highest BCUT2D eigenvalue weighted by molar-refractivity contribution is 5.61.